The molecule has 7 nitrogen and oxygen atoms in total. The van der Waals surface area contributed by atoms with Crippen molar-refractivity contribution >= 4 is 12.1 Å². The predicted molar refractivity (Wildman–Crippen MR) is 135 cm³/mol. The number of carbonyl (C=O) groups excluding carboxylic acids is 2. The maximum absolute atomic E-state index is 13.0. The van der Waals surface area contributed by atoms with E-state index in [9.17, 15) is 9.59 Å². The van der Waals surface area contributed by atoms with Gasteiger partial charge in [-0.05, 0) is 84.6 Å². The van der Waals surface area contributed by atoms with E-state index in [0.717, 1.165) is 44.9 Å². The normalized spacial score (nSPS) is 31.3. The molecule has 1 aliphatic carbocycles. The van der Waals surface area contributed by atoms with Gasteiger partial charge in [-0.1, -0.05) is 24.6 Å². The molecule has 3 rings (SSSR count). The van der Waals surface area contributed by atoms with Crippen LogP contribution >= 0.6 is 0 Å². The number of likely N-dealkylation sites (tertiary alicyclic amines) is 1. The molecule has 2 heterocycles. The first-order valence-corrected chi connectivity index (χ1v) is 13.3. The van der Waals surface area contributed by atoms with Crippen molar-refractivity contribution in [1.29, 1.82) is 0 Å². The highest BCUT2D eigenvalue weighted by Crippen LogP contribution is 2.44. The molecule has 1 amide bonds. The van der Waals surface area contributed by atoms with Gasteiger partial charge in [-0.15, -0.1) is 0 Å². The summed E-state index contributed by atoms with van der Waals surface area (Å²) in [5.74, 6) is 0.257. The number of fused-ring (bicyclic) bond motifs is 1. The van der Waals surface area contributed by atoms with E-state index < -0.39 is 5.60 Å². The smallest absolute Gasteiger partial charge is 0.411 e. The van der Waals surface area contributed by atoms with Gasteiger partial charge in [0.05, 0.1) is 12.0 Å². The SMILES string of the molecule is COCOCCCC[C@H]1C=C(/C=C/[C@H]2CCC[C@H](C)N2C(=O)OC(C)(C)C)[C@H]2[C@H](C)OC(=O)[C@H]2C1. The van der Waals surface area contributed by atoms with Gasteiger partial charge in [0.2, 0.25) is 0 Å². The fraction of sp³-hybridized carbons (Fsp3) is 0.786. The number of cyclic esters (lactones) is 1. The van der Waals surface area contributed by atoms with Crippen LogP contribution in [0.3, 0.4) is 0 Å². The molecule has 198 valence electrons. The van der Waals surface area contributed by atoms with E-state index in [4.69, 9.17) is 18.9 Å². The van der Waals surface area contributed by atoms with Crippen molar-refractivity contribution in [2.24, 2.45) is 17.8 Å². The summed E-state index contributed by atoms with van der Waals surface area (Å²) in [7, 11) is 1.63. The first-order chi connectivity index (χ1) is 16.6. The van der Waals surface area contributed by atoms with Gasteiger partial charge in [-0.2, -0.15) is 0 Å². The minimum Gasteiger partial charge on any atom is -0.462 e. The maximum Gasteiger partial charge on any atom is 0.411 e. The molecule has 7 heteroatoms. The number of rotatable bonds is 9. The molecule has 35 heavy (non-hydrogen) atoms. The van der Waals surface area contributed by atoms with Crippen LogP contribution in [0, 0.1) is 17.8 Å². The van der Waals surface area contributed by atoms with Crippen molar-refractivity contribution in [2.45, 2.75) is 103 Å². The number of allylic oxidation sites excluding steroid dienone is 2. The number of unbranched alkanes of at least 4 members (excludes halogenated alkanes) is 1. The lowest BCUT2D eigenvalue weighted by Gasteiger charge is -2.40. The lowest BCUT2D eigenvalue weighted by atomic mass is 9.72. The van der Waals surface area contributed by atoms with E-state index in [-0.39, 0.29) is 42.1 Å². The molecule has 0 bridgehead atoms. The molecule has 3 aliphatic rings. The second-order valence-electron chi connectivity index (χ2n) is 11.3. The summed E-state index contributed by atoms with van der Waals surface area (Å²) in [4.78, 5) is 27.5. The molecule has 0 saturated carbocycles. The molecule has 2 fully saturated rings. The van der Waals surface area contributed by atoms with Crippen molar-refractivity contribution in [3.05, 3.63) is 23.8 Å². The Bertz CT molecular complexity index is 785. The minimum absolute atomic E-state index is 0.0143. The van der Waals surface area contributed by atoms with E-state index in [0.29, 0.717) is 19.3 Å². The molecule has 0 aromatic rings. The number of hydrogen-bond acceptors (Lipinski definition) is 6. The van der Waals surface area contributed by atoms with Crippen LogP contribution in [0.4, 0.5) is 4.79 Å². The number of carbonyl (C=O) groups is 2. The molecule has 0 radical (unpaired) electrons. The van der Waals surface area contributed by atoms with Crippen LogP contribution in [0.2, 0.25) is 0 Å². The fourth-order valence-electron chi connectivity index (χ4n) is 5.73. The Morgan fingerprint density at radius 1 is 1.23 bits per heavy atom. The van der Waals surface area contributed by atoms with Gasteiger partial charge < -0.3 is 18.9 Å². The third-order valence-corrected chi connectivity index (χ3v) is 7.30. The van der Waals surface area contributed by atoms with Crippen molar-refractivity contribution in [3.8, 4) is 0 Å². The summed E-state index contributed by atoms with van der Waals surface area (Å²) < 4.78 is 21.7. The van der Waals surface area contributed by atoms with Crippen molar-refractivity contribution in [3.63, 3.8) is 0 Å². The van der Waals surface area contributed by atoms with Crippen molar-refractivity contribution < 1.29 is 28.5 Å². The van der Waals surface area contributed by atoms with Gasteiger partial charge in [0.15, 0.2) is 0 Å². The number of ether oxygens (including phenoxy) is 4. The molecule has 6 atom stereocenters. The van der Waals surface area contributed by atoms with Crippen LogP contribution in [0.1, 0.15) is 79.6 Å². The average molecular weight is 492 g/mol. The Labute approximate surface area is 211 Å². The quantitative estimate of drug-likeness (QED) is 0.236. The molecule has 0 aromatic heterocycles. The van der Waals surface area contributed by atoms with Crippen LogP contribution in [0.25, 0.3) is 0 Å². The van der Waals surface area contributed by atoms with E-state index in [1.807, 2.05) is 32.6 Å². The minimum atomic E-state index is -0.527. The highest BCUT2D eigenvalue weighted by molar-refractivity contribution is 5.76. The lowest BCUT2D eigenvalue weighted by molar-refractivity contribution is -0.144. The number of amides is 1. The zero-order valence-corrected chi connectivity index (χ0v) is 22.5. The zero-order valence-electron chi connectivity index (χ0n) is 22.5. The van der Waals surface area contributed by atoms with Crippen LogP contribution < -0.4 is 0 Å². The summed E-state index contributed by atoms with van der Waals surface area (Å²) in [6.07, 6.45) is 13.1. The fourth-order valence-corrected chi connectivity index (χ4v) is 5.73. The number of methoxy groups -OCH3 is 1. The Morgan fingerprint density at radius 2 is 2.00 bits per heavy atom. The molecule has 0 N–H and O–H groups in total. The second-order valence-corrected chi connectivity index (χ2v) is 11.3. The Balaban J connectivity index is 1.73. The first-order valence-electron chi connectivity index (χ1n) is 13.3. The van der Waals surface area contributed by atoms with Crippen molar-refractivity contribution in [2.75, 3.05) is 20.5 Å². The van der Waals surface area contributed by atoms with Gasteiger partial charge in [-0.3, -0.25) is 9.69 Å². The number of esters is 1. The predicted octanol–water partition coefficient (Wildman–Crippen LogP) is 5.64. The topological polar surface area (TPSA) is 74.3 Å². The summed E-state index contributed by atoms with van der Waals surface area (Å²) in [5, 5.41) is 0. The van der Waals surface area contributed by atoms with Crippen LogP contribution in [0.15, 0.2) is 23.8 Å². The van der Waals surface area contributed by atoms with Gasteiger partial charge >= 0.3 is 12.1 Å². The summed E-state index contributed by atoms with van der Waals surface area (Å²) in [6.45, 7) is 10.8. The Kier molecular flexibility index (Phi) is 9.82. The average Bonchev–Trinajstić information content (AvgIpc) is 3.06. The molecule has 0 unspecified atom stereocenters. The summed E-state index contributed by atoms with van der Waals surface area (Å²) in [5.41, 5.74) is 0.642. The van der Waals surface area contributed by atoms with Gasteiger partial charge in [-0.25, -0.2) is 4.79 Å². The van der Waals surface area contributed by atoms with Gasteiger partial charge in [0.1, 0.15) is 18.5 Å². The number of nitrogens with zero attached hydrogens (tertiary/aromatic N) is 1. The Hall–Kier alpha value is -1.86. The third kappa shape index (κ3) is 7.56. The molecule has 2 saturated heterocycles. The van der Waals surface area contributed by atoms with E-state index >= 15 is 0 Å². The molecule has 0 aromatic carbocycles. The largest absolute Gasteiger partial charge is 0.462 e. The molecular formula is C28H45NO6. The monoisotopic (exact) mass is 491 g/mol. The molecule has 0 spiro atoms. The number of piperidine rings is 1. The van der Waals surface area contributed by atoms with Gasteiger partial charge in [0, 0.05) is 25.7 Å². The van der Waals surface area contributed by atoms with E-state index in [1.54, 1.807) is 7.11 Å². The van der Waals surface area contributed by atoms with Crippen LogP contribution in [-0.4, -0.2) is 61.3 Å². The maximum atomic E-state index is 13.0. The zero-order chi connectivity index (χ0) is 25.6. The van der Waals surface area contributed by atoms with E-state index in [1.165, 1.54) is 5.57 Å². The van der Waals surface area contributed by atoms with Gasteiger partial charge in [0.25, 0.3) is 0 Å². The standard InChI is InChI=1S/C28H45NO6/c1-19-10-9-12-23(29(19)27(31)35-28(3,4)5)14-13-22-16-21(11-7-8-15-33-18-32-6)17-24-25(22)20(2)34-26(24)30/h13-14,16,19-21,23-25H,7-12,15,17-18H2,1-6H3/b14-13+/t19-,20-,21-,23+,24-,25+/m0/s1. The first kappa shape index (κ1) is 27.7. The molecular weight excluding hydrogens is 446 g/mol. The molecule has 2 aliphatic heterocycles. The van der Waals surface area contributed by atoms with Crippen LogP contribution in [-0.2, 0) is 23.7 Å². The van der Waals surface area contributed by atoms with Crippen molar-refractivity contribution in [1.82, 2.24) is 4.90 Å². The third-order valence-electron chi connectivity index (χ3n) is 7.30. The highest BCUT2D eigenvalue weighted by Gasteiger charge is 2.46. The summed E-state index contributed by atoms with van der Waals surface area (Å²) >= 11 is 0. The lowest BCUT2D eigenvalue weighted by Crippen LogP contribution is -2.49. The number of hydrogen-bond donors (Lipinski definition) is 0. The van der Waals surface area contributed by atoms with Crippen LogP contribution in [0.5, 0.6) is 0 Å². The highest BCUT2D eigenvalue weighted by atomic mass is 16.7. The summed E-state index contributed by atoms with van der Waals surface area (Å²) in [6, 6.07) is 0.115. The Morgan fingerprint density at radius 3 is 2.71 bits per heavy atom. The van der Waals surface area contributed by atoms with E-state index in [2.05, 4.69) is 25.2 Å². The second kappa shape index (κ2) is 12.4.